The summed E-state index contributed by atoms with van der Waals surface area (Å²) in [7, 11) is 0. The lowest BCUT2D eigenvalue weighted by atomic mass is 10.0. The number of aryl methyl sites for hydroxylation is 1. The van der Waals surface area contributed by atoms with E-state index in [-0.39, 0.29) is 17.4 Å². The highest BCUT2D eigenvalue weighted by atomic mass is 27.0. The predicted octanol–water partition coefficient (Wildman–Crippen LogP) is 2.53. The first-order valence-electron chi connectivity index (χ1n) is 8.99. The second kappa shape index (κ2) is 13.4. The molecule has 0 radical (unpaired) electrons. The van der Waals surface area contributed by atoms with Gasteiger partial charge in [-0.1, -0.05) is 26.7 Å². The Labute approximate surface area is 162 Å². The highest BCUT2D eigenvalue weighted by Gasteiger charge is 2.16. The van der Waals surface area contributed by atoms with Gasteiger partial charge < -0.3 is 23.7 Å². The minimum absolute atomic E-state index is 0. The summed E-state index contributed by atoms with van der Waals surface area (Å²) in [6.07, 6.45) is 4.38. The number of hydrogen-bond donors (Lipinski definition) is 0. The molecule has 1 aliphatic rings. The Morgan fingerprint density at radius 3 is 2.04 bits per heavy atom. The van der Waals surface area contributed by atoms with Gasteiger partial charge in [0.1, 0.15) is 0 Å². The Kier molecular flexibility index (Phi) is 12.0. The molecule has 0 unspecified atom stereocenters. The van der Waals surface area contributed by atoms with E-state index in [4.69, 9.17) is 23.7 Å². The molecule has 0 aliphatic carbocycles. The summed E-state index contributed by atoms with van der Waals surface area (Å²) in [4.78, 5) is 0. The minimum atomic E-state index is 0. The average Bonchev–Trinajstić information content (AvgIpc) is 3.04. The van der Waals surface area contributed by atoms with Gasteiger partial charge in [-0.3, -0.25) is 0 Å². The fourth-order valence-corrected chi connectivity index (χ4v) is 2.53. The first-order valence-corrected chi connectivity index (χ1v) is 8.99. The molecule has 2 rings (SSSR count). The Balaban J connectivity index is 0.00000312. The summed E-state index contributed by atoms with van der Waals surface area (Å²) in [5.41, 5.74) is 2.44. The zero-order valence-electron chi connectivity index (χ0n) is 15.0. The first-order chi connectivity index (χ1) is 11.8. The molecular weight excluding hydrogens is 335 g/mol. The number of benzene rings is 1. The molecule has 0 saturated heterocycles. The van der Waals surface area contributed by atoms with Gasteiger partial charge in [-0.15, -0.1) is 0 Å². The van der Waals surface area contributed by atoms with E-state index < -0.39 is 0 Å². The molecule has 1 aliphatic heterocycles. The molecule has 0 amide bonds. The molecular formula is C19H33AlO5. The lowest BCUT2D eigenvalue weighted by Crippen LogP contribution is -2.10. The Bertz CT molecular complexity index is 481. The third-order valence-corrected chi connectivity index (χ3v) is 3.86. The topological polar surface area (TPSA) is 46.2 Å². The maximum atomic E-state index is 5.75. The van der Waals surface area contributed by atoms with Gasteiger partial charge in [0.05, 0.1) is 33.0 Å². The maximum Gasteiger partial charge on any atom is 0.231 e. The third-order valence-electron chi connectivity index (χ3n) is 3.86. The van der Waals surface area contributed by atoms with Crippen LogP contribution in [0.25, 0.3) is 0 Å². The number of fused-ring (bicyclic) bond motifs is 1. The quantitative estimate of drug-likeness (QED) is 0.396. The van der Waals surface area contributed by atoms with Crippen LogP contribution in [0.4, 0.5) is 0 Å². The van der Waals surface area contributed by atoms with E-state index in [1.165, 1.54) is 11.1 Å². The number of unbranched alkanes of at least 4 members (excludes halogenated alkanes) is 1. The van der Waals surface area contributed by atoms with E-state index in [1.54, 1.807) is 0 Å². The van der Waals surface area contributed by atoms with E-state index in [0.717, 1.165) is 43.8 Å². The van der Waals surface area contributed by atoms with Crippen molar-refractivity contribution in [2.75, 3.05) is 39.8 Å². The monoisotopic (exact) mass is 368 g/mol. The molecule has 5 nitrogen and oxygen atoms in total. The second-order valence-electron chi connectivity index (χ2n) is 5.86. The summed E-state index contributed by atoms with van der Waals surface area (Å²) in [5, 5.41) is 0. The summed E-state index contributed by atoms with van der Waals surface area (Å²) < 4.78 is 27.6. The highest BCUT2D eigenvalue weighted by molar-refractivity contribution is 5.75. The minimum Gasteiger partial charge on any atom is -0.454 e. The summed E-state index contributed by atoms with van der Waals surface area (Å²) in [6, 6.07) is 4.12. The molecule has 1 heterocycles. The molecule has 0 saturated carbocycles. The van der Waals surface area contributed by atoms with E-state index in [2.05, 4.69) is 19.9 Å². The van der Waals surface area contributed by atoms with Crippen LogP contribution in [0.3, 0.4) is 0 Å². The van der Waals surface area contributed by atoms with Crippen LogP contribution >= 0.6 is 0 Å². The Morgan fingerprint density at radius 1 is 0.800 bits per heavy atom. The van der Waals surface area contributed by atoms with Crippen LogP contribution < -0.4 is 9.47 Å². The van der Waals surface area contributed by atoms with Crippen LogP contribution in [0.15, 0.2) is 12.1 Å². The van der Waals surface area contributed by atoms with Gasteiger partial charge in [-0.2, -0.15) is 0 Å². The van der Waals surface area contributed by atoms with Crippen molar-refractivity contribution >= 4 is 17.4 Å². The smallest absolute Gasteiger partial charge is 0.231 e. The van der Waals surface area contributed by atoms with E-state index in [0.29, 0.717) is 39.8 Å². The van der Waals surface area contributed by atoms with Gasteiger partial charge in [-0.05, 0) is 36.1 Å². The van der Waals surface area contributed by atoms with E-state index >= 15 is 0 Å². The Morgan fingerprint density at radius 2 is 1.40 bits per heavy atom. The zero-order chi connectivity index (χ0) is 17.0. The van der Waals surface area contributed by atoms with Crippen LogP contribution in [0, 0.1) is 0 Å². The summed E-state index contributed by atoms with van der Waals surface area (Å²) in [6.45, 7) is 8.47. The molecule has 0 N–H and O–H groups in total. The van der Waals surface area contributed by atoms with Crippen molar-refractivity contribution in [1.29, 1.82) is 0 Å². The highest BCUT2D eigenvalue weighted by Crippen LogP contribution is 2.35. The molecule has 0 bridgehead atoms. The Hall–Kier alpha value is -0.768. The van der Waals surface area contributed by atoms with Crippen molar-refractivity contribution in [2.45, 2.75) is 46.1 Å². The summed E-state index contributed by atoms with van der Waals surface area (Å²) in [5.74, 6) is 1.66. The molecule has 25 heavy (non-hydrogen) atoms. The van der Waals surface area contributed by atoms with Gasteiger partial charge in [-0.25, -0.2) is 0 Å². The van der Waals surface area contributed by atoms with E-state index in [1.807, 2.05) is 6.07 Å². The number of ether oxygens (including phenoxy) is 5. The summed E-state index contributed by atoms with van der Waals surface area (Å²) >= 11 is 0. The number of hydrogen-bond acceptors (Lipinski definition) is 5. The molecule has 0 spiro atoms. The maximum absolute atomic E-state index is 5.75. The van der Waals surface area contributed by atoms with Crippen molar-refractivity contribution in [2.24, 2.45) is 0 Å². The van der Waals surface area contributed by atoms with Crippen molar-refractivity contribution in [3.05, 3.63) is 23.3 Å². The van der Waals surface area contributed by atoms with Gasteiger partial charge in [0, 0.05) is 6.61 Å². The zero-order valence-corrected chi connectivity index (χ0v) is 15.0. The van der Waals surface area contributed by atoms with Crippen LogP contribution in [0.1, 0.15) is 44.2 Å². The van der Waals surface area contributed by atoms with Crippen molar-refractivity contribution in [3.63, 3.8) is 0 Å². The molecule has 0 atom stereocenters. The van der Waals surface area contributed by atoms with Crippen LogP contribution in [-0.2, 0) is 27.2 Å². The standard InChI is InChI=1S/C19H30O5.Al.3H/c1-3-5-7-20-8-9-21-10-11-22-14-17-13-19-18(23-15-24-19)12-16(17)6-4-2;;;;/h12-13H,3-11,14-15H2,1-2H3;;;;. The largest absolute Gasteiger partial charge is 0.454 e. The van der Waals surface area contributed by atoms with Crippen molar-refractivity contribution in [3.8, 4) is 11.5 Å². The lowest BCUT2D eigenvalue weighted by molar-refractivity contribution is 0.0101. The lowest BCUT2D eigenvalue weighted by Gasteiger charge is -2.11. The van der Waals surface area contributed by atoms with Gasteiger partial charge in [0.15, 0.2) is 28.9 Å². The molecule has 1 aromatic carbocycles. The third kappa shape index (κ3) is 7.98. The molecule has 6 heteroatoms. The van der Waals surface area contributed by atoms with Crippen molar-refractivity contribution < 1.29 is 23.7 Å². The first kappa shape index (κ1) is 22.3. The molecule has 0 fully saturated rings. The molecule has 142 valence electrons. The van der Waals surface area contributed by atoms with Crippen LogP contribution in [0.5, 0.6) is 11.5 Å². The van der Waals surface area contributed by atoms with Gasteiger partial charge in [0.25, 0.3) is 0 Å². The predicted molar refractivity (Wildman–Crippen MR) is 103 cm³/mol. The number of rotatable bonds is 13. The fraction of sp³-hybridized carbons (Fsp3) is 0.684. The van der Waals surface area contributed by atoms with Crippen LogP contribution in [0.2, 0.25) is 0 Å². The van der Waals surface area contributed by atoms with Gasteiger partial charge in [0.2, 0.25) is 6.79 Å². The van der Waals surface area contributed by atoms with Crippen LogP contribution in [-0.4, -0.2) is 57.2 Å². The average molecular weight is 368 g/mol. The van der Waals surface area contributed by atoms with E-state index in [9.17, 15) is 0 Å². The van der Waals surface area contributed by atoms with Crippen molar-refractivity contribution in [1.82, 2.24) is 0 Å². The molecule has 1 aromatic rings. The fourth-order valence-electron chi connectivity index (χ4n) is 2.53. The SMILES string of the molecule is CCCCOCCOCCOCc1cc2c(cc1CCC)OCO2.[AlH3]. The normalized spacial score (nSPS) is 12.2. The molecule has 0 aromatic heterocycles. The second-order valence-corrected chi connectivity index (χ2v) is 5.86. The van der Waals surface area contributed by atoms with Gasteiger partial charge >= 0.3 is 0 Å².